The molecule has 1 aromatic rings. The molecule has 0 fully saturated rings. The lowest BCUT2D eigenvalue weighted by atomic mass is 10.4. The maximum Gasteiger partial charge on any atom is 0.333 e. The van der Waals surface area contributed by atoms with Gasteiger partial charge in [0, 0.05) is 18.5 Å². The summed E-state index contributed by atoms with van der Waals surface area (Å²) in [7, 11) is 0. The molecule has 0 aromatic carbocycles. The van der Waals surface area contributed by atoms with Crippen LogP contribution < -0.4 is 5.43 Å². The molecule has 0 aliphatic rings. The molecule has 5 nitrogen and oxygen atoms in total. The third-order valence-corrected chi connectivity index (χ3v) is 2.34. The van der Waals surface area contributed by atoms with Crippen molar-refractivity contribution in [2.24, 2.45) is 0 Å². The molecule has 0 saturated carbocycles. The third kappa shape index (κ3) is 2.36. The van der Waals surface area contributed by atoms with Crippen molar-refractivity contribution >= 4 is 34.2 Å². The molecule has 0 N–H and O–H groups in total. The molecule has 0 aliphatic heterocycles. The zero-order chi connectivity index (χ0) is 10.7. The van der Waals surface area contributed by atoms with Gasteiger partial charge in [0.1, 0.15) is 0 Å². The maximum absolute atomic E-state index is 11.2. The summed E-state index contributed by atoms with van der Waals surface area (Å²) in [5.74, 6) is 0.548. The van der Waals surface area contributed by atoms with Gasteiger partial charge in [-0.3, -0.25) is 14.9 Å². The lowest BCUT2D eigenvalue weighted by molar-refractivity contribution is -0.386. The quantitative estimate of drug-likeness (QED) is 0.517. The van der Waals surface area contributed by atoms with Crippen molar-refractivity contribution in [3.05, 3.63) is 37.2 Å². The topological polar surface area (TPSA) is 65.1 Å². The summed E-state index contributed by atoms with van der Waals surface area (Å²) in [6.07, 6.45) is 2.72. The van der Waals surface area contributed by atoms with Crippen LogP contribution in [0.5, 0.6) is 0 Å². The fourth-order valence-corrected chi connectivity index (χ4v) is 1.65. The van der Waals surface area contributed by atoms with Crippen LogP contribution in [0, 0.1) is 10.1 Å². The first-order chi connectivity index (χ1) is 6.56. The Labute approximate surface area is 93.4 Å². The van der Waals surface area contributed by atoms with E-state index < -0.39 is 16.0 Å². The van der Waals surface area contributed by atoms with E-state index >= 15 is 0 Å². The zero-order valence-corrected chi connectivity index (χ0v) is 9.49. The number of hydrogen-bond donors (Lipinski definition) is 1. The van der Waals surface area contributed by atoms with Crippen molar-refractivity contribution in [1.82, 2.24) is 4.57 Å². The highest BCUT2D eigenvalue weighted by Crippen LogP contribution is 2.10. The van der Waals surface area contributed by atoms with E-state index in [1.54, 1.807) is 4.57 Å². The largest absolute Gasteiger partial charge is 0.346 e. The van der Waals surface area contributed by atoms with E-state index in [1.165, 1.54) is 12.4 Å². The summed E-state index contributed by atoms with van der Waals surface area (Å²) in [4.78, 5) is 21.0. The Morgan fingerprint density at radius 2 is 2.21 bits per heavy atom. The molecule has 0 radical (unpaired) electrons. The third-order valence-electron chi connectivity index (χ3n) is 1.57. The van der Waals surface area contributed by atoms with Crippen molar-refractivity contribution in [3.63, 3.8) is 0 Å². The summed E-state index contributed by atoms with van der Waals surface area (Å²) < 4.78 is 1.74. The number of pyridine rings is 1. The van der Waals surface area contributed by atoms with Gasteiger partial charge in [-0.15, -0.1) is 0 Å². The lowest BCUT2D eigenvalue weighted by Gasteiger charge is -2.03. The van der Waals surface area contributed by atoms with Crippen LogP contribution in [-0.4, -0.2) is 15.2 Å². The number of nitro groups is 1. The van der Waals surface area contributed by atoms with Gasteiger partial charge in [-0.05, 0) is 15.9 Å². The van der Waals surface area contributed by atoms with Crippen LogP contribution in [0.15, 0.2) is 21.7 Å². The second kappa shape index (κ2) is 4.61. The van der Waals surface area contributed by atoms with Crippen LogP contribution in [0.3, 0.4) is 0 Å². The van der Waals surface area contributed by atoms with E-state index in [0.29, 0.717) is 12.3 Å². The Bertz CT molecular complexity index is 418. The average Bonchev–Trinajstić information content (AvgIpc) is 2.11. The molecule has 0 bridgehead atoms. The normalized spacial score (nSPS) is 10.1. The zero-order valence-electron chi connectivity index (χ0n) is 7.01. The summed E-state index contributed by atoms with van der Waals surface area (Å²) in [6, 6.07) is 0. The molecule has 0 saturated heterocycles. The highest BCUT2D eigenvalue weighted by molar-refractivity contribution is 9.10. The van der Waals surface area contributed by atoms with Crippen LogP contribution in [0.1, 0.15) is 0 Å². The van der Waals surface area contributed by atoms with Gasteiger partial charge in [0.15, 0.2) is 0 Å². The fraction of sp³-hybridized carbons (Fsp3) is 0.286. The van der Waals surface area contributed by atoms with Crippen molar-refractivity contribution in [1.29, 1.82) is 0 Å². The van der Waals surface area contributed by atoms with E-state index in [4.69, 9.17) is 0 Å². The Morgan fingerprint density at radius 3 is 2.71 bits per heavy atom. The average molecular weight is 279 g/mol. The van der Waals surface area contributed by atoms with Gasteiger partial charge >= 0.3 is 5.69 Å². The van der Waals surface area contributed by atoms with Crippen LogP contribution >= 0.6 is 28.6 Å². The molecule has 0 unspecified atom stereocenters. The minimum absolute atomic E-state index is 0.188. The Morgan fingerprint density at radius 1 is 1.57 bits per heavy atom. The summed E-state index contributed by atoms with van der Waals surface area (Å²) >= 11 is 6.97. The first-order valence-electron chi connectivity index (χ1n) is 3.71. The summed E-state index contributed by atoms with van der Waals surface area (Å²) in [5, 5.41) is 10.5. The molecule has 0 atom stereocenters. The second-order valence-electron chi connectivity index (χ2n) is 2.54. The summed E-state index contributed by atoms with van der Waals surface area (Å²) in [6.45, 7) is 0.517. The Hall–Kier alpha value is -0.820. The van der Waals surface area contributed by atoms with Crippen LogP contribution in [0.2, 0.25) is 0 Å². The monoisotopic (exact) mass is 278 g/mol. The number of thiol groups is 1. The van der Waals surface area contributed by atoms with Gasteiger partial charge in [-0.25, -0.2) is 0 Å². The SMILES string of the molecule is O=c1c(Br)cn(CCS)cc1[N+](=O)[O-]. The van der Waals surface area contributed by atoms with Crippen molar-refractivity contribution in [2.45, 2.75) is 6.54 Å². The number of aryl methyl sites for hydroxylation is 1. The molecule has 0 amide bonds. The molecule has 76 valence electrons. The van der Waals surface area contributed by atoms with Gasteiger partial charge in [0.05, 0.1) is 15.6 Å². The van der Waals surface area contributed by atoms with Crippen molar-refractivity contribution in [3.8, 4) is 0 Å². The summed E-state index contributed by atoms with van der Waals surface area (Å²) in [5.41, 5.74) is -1.04. The van der Waals surface area contributed by atoms with E-state index in [1.807, 2.05) is 0 Å². The van der Waals surface area contributed by atoms with Gasteiger partial charge in [-0.2, -0.15) is 12.6 Å². The first-order valence-corrected chi connectivity index (χ1v) is 5.13. The highest BCUT2D eigenvalue weighted by Gasteiger charge is 2.15. The predicted octanol–water partition coefficient (Wildman–Crippen LogP) is 1.45. The molecule has 14 heavy (non-hydrogen) atoms. The standard InChI is InChI=1S/C7H7BrN2O3S/c8-5-3-9(1-2-14)4-6(7(5)11)10(12)13/h3-4,14H,1-2H2. The van der Waals surface area contributed by atoms with Crippen LogP contribution in [0.4, 0.5) is 5.69 Å². The minimum Gasteiger partial charge on any atom is -0.346 e. The van der Waals surface area contributed by atoms with Gasteiger partial charge < -0.3 is 4.57 Å². The molecule has 0 spiro atoms. The molecule has 1 heterocycles. The molecule has 0 aliphatic carbocycles. The van der Waals surface area contributed by atoms with Crippen LogP contribution in [0.25, 0.3) is 0 Å². The fourth-order valence-electron chi connectivity index (χ4n) is 0.954. The van der Waals surface area contributed by atoms with Crippen molar-refractivity contribution < 1.29 is 4.92 Å². The predicted molar refractivity (Wildman–Crippen MR) is 58.9 cm³/mol. The number of nitrogens with zero attached hydrogens (tertiary/aromatic N) is 2. The number of aromatic nitrogens is 1. The van der Waals surface area contributed by atoms with Crippen molar-refractivity contribution in [2.75, 3.05) is 5.75 Å². The number of halogens is 1. The molecular weight excluding hydrogens is 272 g/mol. The molecule has 7 heteroatoms. The van der Waals surface area contributed by atoms with Gasteiger partial charge in [0.2, 0.25) is 0 Å². The number of rotatable bonds is 3. The number of hydrogen-bond acceptors (Lipinski definition) is 4. The van der Waals surface area contributed by atoms with E-state index in [2.05, 4.69) is 28.6 Å². The van der Waals surface area contributed by atoms with Gasteiger partial charge in [0.25, 0.3) is 5.43 Å². The van der Waals surface area contributed by atoms with E-state index in [0.717, 1.165) is 0 Å². The molecule has 1 aromatic heterocycles. The Kier molecular flexibility index (Phi) is 3.70. The first kappa shape index (κ1) is 11.3. The maximum atomic E-state index is 11.2. The minimum atomic E-state index is -0.692. The molecule has 1 rings (SSSR count). The van der Waals surface area contributed by atoms with Gasteiger partial charge in [-0.1, -0.05) is 0 Å². The lowest BCUT2D eigenvalue weighted by Crippen LogP contribution is -2.13. The smallest absolute Gasteiger partial charge is 0.333 e. The Balaban J connectivity index is 3.28. The second-order valence-corrected chi connectivity index (χ2v) is 3.84. The van der Waals surface area contributed by atoms with Crippen LogP contribution in [-0.2, 0) is 6.54 Å². The van der Waals surface area contributed by atoms with E-state index in [9.17, 15) is 14.9 Å². The highest BCUT2D eigenvalue weighted by atomic mass is 79.9. The molecular formula is C7H7BrN2O3S. The van der Waals surface area contributed by atoms with E-state index in [-0.39, 0.29) is 4.47 Å².